The number of nitrogens with one attached hydrogen (secondary N) is 1. The lowest BCUT2D eigenvalue weighted by Crippen LogP contribution is -2.24. The zero-order valence-corrected chi connectivity index (χ0v) is 14.0. The van der Waals surface area contributed by atoms with Gasteiger partial charge in [-0.1, -0.05) is 48.0 Å². The fourth-order valence-electron chi connectivity index (χ4n) is 2.33. The maximum absolute atomic E-state index is 6.11. The van der Waals surface area contributed by atoms with Gasteiger partial charge in [0.25, 0.3) is 0 Å². The Balaban J connectivity index is 1.86. The number of benzene rings is 1. The molecule has 0 fully saturated rings. The van der Waals surface area contributed by atoms with Crippen molar-refractivity contribution < 1.29 is 0 Å². The second kappa shape index (κ2) is 6.75. The van der Waals surface area contributed by atoms with Crippen LogP contribution in [0.5, 0.6) is 0 Å². The van der Waals surface area contributed by atoms with Gasteiger partial charge in [-0.3, -0.25) is 5.32 Å². The average Bonchev–Trinajstić information content (AvgIpc) is 3.17. The first-order valence-corrected chi connectivity index (χ1v) is 8.91. The second-order valence-corrected chi connectivity index (χ2v) is 7.62. The monoisotopic (exact) mass is 333 g/mol. The minimum absolute atomic E-state index is 0.192. The van der Waals surface area contributed by atoms with E-state index in [1.807, 2.05) is 12.1 Å². The summed E-state index contributed by atoms with van der Waals surface area (Å²) in [6, 6.07) is 19.3. The Hall–Kier alpha value is -1.13. The Kier molecular flexibility index (Phi) is 4.76. The van der Waals surface area contributed by atoms with Gasteiger partial charge in [0, 0.05) is 15.8 Å². The third-order valence-corrected chi connectivity index (χ3v) is 5.66. The highest BCUT2D eigenvalue weighted by Gasteiger charge is 2.19. The molecule has 3 aromatic rings. The molecular formula is C17H16ClNS2. The van der Waals surface area contributed by atoms with Crippen LogP contribution in [0.1, 0.15) is 34.3 Å². The van der Waals surface area contributed by atoms with Crippen LogP contribution in [0.2, 0.25) is 4.34 Å². The summed E-state index contributed by atoms with van der Waals surface area (Å²) in [5.41, 5.74) is 1.29. The largest absolute Gasteiger partial charge is 0.298 e. The van der Waals surface area contributed by atoms with Crippen LogP contribution in [0, 0.1) is 0 Å². The molecule has 2 heterocycles. The van der Waals surface area contributed by atoms with E-state index in [2.05, 4.69) is 60.1 Å². The lowest BCUT2D eigenvalue weighted by molar-refractivity contribution is 0.526. The SMILES string of the molecule is C[C@@H](NC(c1cccs1)c1ccc(Cl)s1)c1ccccc1. The van der Waals surface area contributed by atoms with Gasteiger partial charge in [0.2, 0.25) is 0 Å². The lowest BCUT2D eigenvalue weighted by Gasteiger charge is -2.22. The van der Waals surface area contributed by atoms with E-state index in [9.17, 15) is 0 Å². The maximum Gasteiger partial charge on any atom is 0.0931 e. The second-order valence-electron chi connectivity index (χ2n) is 4.89. The molecule has 0 saturated heterocycles. The maximum atomic E-state index is 6.11. The molecule has 0 aliphatic heterocycles. The summed E-state index contributed by atoms with van der Waals surface area (Å²) in [4.78, 5) is 2.57. The molecule has 4 heteroatoms. The van der Waals surface area contributed by atoms with E-state index in [-0.39, 0.29) is 12.1 Å². The number of hydrogen-bond acceptors (Lipinski definition) is 3. The molecule has 1 N–H and O–H groups in total. The predicted molar refractivity (Wildman–Crippen MR) is 93.5 cm³/mol. The highest BCUT2D eigenvalue weighted by Crippen LogP contribution is 2.34. The molecule has 0 aliphatic rings. The van der Waals surface area contributed by atoms with Crippen molar-refractivity contribution in [3.63, 3.8) is 0 Å². The normalized spacial score (nSPS) is 14.0. The van der Waals surface area contributed by atoms with Crippen molar-refractivity contribution in [2.75, 3.05) is 0 Å². The van der Waals surface area contributed by atoms with Gasteiger partial charge in [-0.05, 0) is 36.1 Å². The zero-order valence-electron chi connectivity index (χ0n) is 11.6. The molecule has 0 amide bonds. The van der Waals surface area contributed by atoms with E-state index in [4.69, 9.17) is 11.6 Å². The van der Waals surface area contributed by atoms with E-state index in [0.29, 0.717) is 0 Å². The lowest BCUT2D eigenvalue weighted by atomic mass is 10.1. The Morgan fingerprint density at radius 1 is 0.952 bits per heavy atom. The Labute approximate surface area is 138 Å². The number of halogens is 1. The minimum Gasteiger partial charge on any atom is -0.298 e. The van der Waals surface area contributed by atoms with Gasteiger partial charge in [-0.2, -0.15) is 0 Å². The smallest absolute Gasteiger partial charge is 0.0931 e. The molecule has 1 unspecified atom stereocenters. The average molecular weight is 334 g/mol. The summed E-state index contributed by atoms with van der Waals surface area (Å²) < 4.78 is 0.834. The third kappa shape index (κ3) is 3.55. The van der Waals surface area contributed by atoms with Crippen LogP contribution in [0.25, 0.3) is 0 Å². The summed E-state index contributed by atoms with van der Waals surface area (Å²) in [7, 11) is 0. The molecule has 108 valence electrons. The fraction of sp³-hybridized carbons (Fsp3) is 0.176. The molecule has 1 aromatic carbocycles. The molecule has 2 aromatic heterocycles. The van der Waals surface area contributed by atoms with Crippen LogP contribution >= 0.6 is 34.3 Å². The first kappa shape index (κ1) is 14.8. The fourth-order valence-corrected chi connectivity index (χ4v) is 4.35. The summed E-state index contributed by atoms with van der Waals surface area (Å²) in [6.45, 7) is 2.20. The van der Waals surface area contributed by atoms with Crippen molar-refractivity contribution in [3.8, 4) is 0 Å². The molecule has 0 saturated carbocycles. The first-order valence-electron chi connectivity index (χ1n) is 6.83. The summed E-state index contributed by atoms with van der Waals surface area (Å²) >= 11 is 9.53. The predicted octanol–water partition coefficient (Wildman–Crippen LogP) is 5.90. The minimum atomic E-state index is 0.192. The molecule has 21 heavy (non-hydrogen) atoms. The highest BCUT2D eigenvalue weighted by molar-refractivity contribution is 7.16. The standard InChI is InChI=1S/C17H16ClNS2/c1-12(13-6-3-2-4-7-13)19-17(14-8-5-11-20-14)15-9-10-16(18)21-15/h2-12,17,19H,1H3/t12-,17?/m1/s1. The quantitative estimate of drug-likeness (QED) is 0.612. The highest BCUT2D eigenvalue weighted by atomic mass is 35.5. The summed E-state index contributed by atoms with van der Waals surface area (Å²) in [5, 5.41) is 5.84. The van der Waals surface area contributed by atoms with Gasteiger partial charge in [0.1, 0.15) is 0 Å². The molecule has 2 atom stereocenters. The van der Waals surface area contributed by atoms with Gasteiger partial charge in [0.15, 0.2) is 0 Å². The molecule has 3 rings (SSSR count). The van der Waals surface area contributed by atoms with E-state index in [1.54, 1.807) is 22.7 Å². The summed E-state index contributed by atoms with van der Waals surface area (Å²) in [5.74, 6) is 0. The Morgan fingerprint density at radius 3 is 2.38 bits per heavy atom. The van der Waals surface area contributed by atoms with Crippen molar-refractivity contribution in [1.29, 1.82) is 0 Å². The van der Waals surface area contributed by atoms with Crippen molar-refractivity contribution in [3.05, 3.63) is 79.6 Å². The number of rotatable bonds is 5. The van der Waals surface area contributed by atoms with Gasteiger partial charge in [0.05, 0.1) is 10.4 Å². The van der Waals surface area contributed by atoms with E-state index < -0.39 is 0 Å². The van der Waals surface area contributed by atoms with E-state index in [0.717, 1.165) is 4.34 Å². The van der Waals surface area contributed by atoms with E-state index in [1.165, 1.54) is 15.3 Å². The number of hydrogen-bond donors (Lipinski definition) is 1. The zero-order chi connectivity index (χ0) is 14.7. The van der Waals surface area contributed by atoms with Crippen LogP contribution in [0.4, 0.5) is 0 Å². The summed E-state index contributed by atoms with van der Waals surface area (Å²) in [6.07, 6.45) is 0. The first-order chi connectivity index (χ1) is 10.2. The third-order valence-electron chi connectivity index (χ3n) is 3.42. The van der Waals surface area contributed by atoms with Crippen LogP contribution in [-0.4, -0.2) is 0 Å². The molecular weight excluding hydrogens is 318 g/mol. The van der Waals surface area contributed by atoms with Crippen molar-refractivity contribution in [2.45, 2.75) is 19.0 Å². The van der Waals surface area contributed by atoms with Gasteiger partial charge in [-0.15, -0.1) is 22.7 Å². The van der Waals surface area contributed by atoms with Crippen molar-refractivity contribution >= 4 is 34.3 Å². The van der Waals surface area contributed by atoms with Crippen molar-refractivity contribution in [2.24, 2.45) is 0 Å². The van der Waals surface area contributed by atoms with Crippen LogP contribution in [-0.2, 0) is 0 Å². The molecule has 0 radical (unpaired) electrons. The Bertz CT molecular complexity index is 676. The van der Waals surface area contributed by atoms with Gasteiger partial charge in [-0.25, -0.2) is 0 Å². The van der Waals surface area contributed by atoms with Crippen molar-refractivity contribution in [1.82, 2.24) is 5.32 Å². The molecule has 0 aliphatic carbocycles. The van der Waals surface area contributed by atoms with Crippen LogP contribution in [0.15, 0.2) is 60.0 Å². The molecule has 0 bridgehead atoms. The van der Waals surface area contributed by atoms with Crippen LogP contribution < -0.4 is 5.32 Å². The van der Waals surface area contributed by atoms with Crippen LogP contribution in [0.3, 0.4) is 0 Å². The molecule has 0 spiro atoms. The number of thiophene rings is 2. The Morgan fingerprint density at radius 2 is 1.76 bits per heavy atom. The van der Waals surface area contributed by atoms with E-state index >= 15 is 0 Å². The van der Waals surface area contributed by atoms with Gasteiger partial charge < -0.3 is 0 Å². The van der Waals surface area contributed by atoms with Gasteiger partial charge >= 0.3 is 0 Å². The molecule has 1 nitrogen and oxygen atoms in total. The topological polar surface area (TPSA) is 12.0 Å².